The van der Waals surface area contributed by atoms with Gasteiger partial charge in [-0.1, -0.05) is 39.3 Å². The van der Waals surface area contributed by atoms with Crippen LogP contribution in [0.1, 0.15) is 65.7 Å². The molecule has 8 nitrogen and oxygen atoms in total. The number of hydrogen-bond donors (Lipinski definition) is 3. The minimum atomic E-state index is -1.32. The van der Waals surface area contributed by atoms with E-state index in [-0.39, 0.29) is 68.3 Å². The van der Waals surface area contributed by atoms with Crippen LogP contribution in [0.15, 0.2) is 12.2 Å². The first-order valence-corrected chi connectivity index (χ1v) is 10.6. The van der Waals surface area contributed by atoms with Crippen LogP contribution in [0, 0.1) is 0 Å². The molecule has 3 atom stereocenters. The van der Waals surface area contributed by atoms with Crippen LogP contribution < -0.4 is 29.3 Å². The zero-order valence-electron chi connectivity index (χ0n) is 19.1. The molecule has 0 rings (SSSR count). The SMILES string of the molecule is CC/C=C/CCC(=O)NCC[N+](CCO)(C(CCC)C(=O)[O-])C(CCC)C(=O)O.[Li+]. The Morgan fingerprint density at radius 3 is 2.10 bits per heavy atom. The minimum absolute atomic E-state index is 0. The van der Waals surface area contributed by atoms with Crippen molar-refractivity contribution in [2.24, 2.45) is 0 Å². The van der Waals surface area contributed by atoms with E-state index >= 15 is 0 Å². The monoisotopic (exact) mass is 421 g/mol. The normalized spacial score (nSPS) is 15.1. The largest absolute Gasteiger partial charge is 1.00 e. The maximum atomic E-state index is 12.1. The molecule has 0 aliphatic carbocycles. The number of aliphatic hydroxyl groups is 1. The van der Waals surface area contributed by atoms with Crippen LogP contribution in [0.25, 0.3) is 0 Å². The van der Waals surface area contributed by atoms with E-state index in [4.69, 9.17) is 0 Å². The number of amides is 1. The maximum absolute atomic E-state index is 12.1. The Labute approximate surface area is 192 Å². The van der Waals surface area contributed by atoms with Crippen molar-refractivity contribution in [2.45, 2.75) is 77.8 Å². The van der Waals surface area contributed by atoms with Gasteiger partial charge in [0.1, 0.15) is 12.6 Å². The molecule has 0 aliphatic rings. The molecule has 1 amide bonds. The number of aliphatic hydroxyl groups excluding tert-OH is 1. The van der Waals surface area contributed by atoms with Crippen molar-refractivity contribution in [1.82, 2.24) is 5.32 Å². The Kier molecular flexibility index (Phi) is 17.9. The number of hydrogen-bond acceptors (Lipinski definition) is 5. The van der Waals surface area contributed by atoms with Gasteiger partial charge in [-0.15, -0.1) is 0 Å². The number of allylic oxidation sites excluding steroid dienone is 2. The molecular weight excluding hydrogens is 383 g/mol. The quantitative estimate of drug-likeness (QED) is 0.139. The molecule has 0 bridgehead atoms. The Hall–Kier alpha value is -1.33. The Balaban J connectivity index is 0. The first-order valence-electron chi connectivity index (χ1n) is 10.6. The van der Waals surface area contributed by atoms with Crippen LogP contribution in [0.5, 0.6) is 0 Å². The smallest absolute Gasteiger partial charge is 0.544 e. The van der Waals surface area contributed by atoms with Crippen molar-refractivity contribution in [3.05, 3.63) is 12.2 Å². The van der Waals surface area contributed by atoms with Crippen LogP contribution >= 0.6 is 0 Å². The molecule has 0 aromatic rings. The van der Waals surface area contributed by atoms with Gasteiger partial charge in [-0.3, -0.25) is 4.79 Å². The fourth-order valence-electron chi connectivity index (χ4n) is 3.86. The van der Waals surface area contributed by atoms with Gasteiger partial charge in [-0.2, -0.15) is 0 Å². The molecule has 0 saturated carbocycles. The number of nitrogens with zero attached hydrogens (tertiary/aromatic N) is 1. The maximum Gasteiger partial charge on any atom is 1.00 e. The summed E-state index contributed by atoms with van der Waals surface area (Å²) in [5.74, 6) is -2.59. The summed E-state index contributed by atoms with van der Waals surface area (Å²) in [6.07, 6.45) is 7.36. The molecule has 3 N–H and O–H groups in total. The fraction of sp³-hybridized carbons (Fsp3) is 0.762. The molecule has 0 aromatic carbocycles. The third-order valence-electron chi connectivity index (χ3n) is 5.23. The number of rotatable bonds is 17. The van der Waals surface area contributed by atoms with Gasteiger partial charge in [0.05, 0.1) is 25.7 Å². The second-order valence-corrected chi connectivity index (χ2v) is 7.31. The average molecular weight is 421 g/mol. The van der Waals surface area contributed by atoms with Gasteiger partial charge in [0.15, 0.2) is 6.04 Å². The predicted molar refractivity (Wildman–Crippen MR) is 109 cm³/mol. The van der Waals surface area contributed by atoms with Crippen LogP contribution in [0.2, 0.25) is 0 Å². The van der Waals surface area contributed by atoms with Crippen LogP contribution in [0.4, 0.5) is 0 Å². The summed E-state index contributed by atoms with van der Waals surface area (Å²) >= 11 is 0. The second kappa shape index (κ2) is 17.4. The number of carbonyl (C=O) groups excluding carboxylic acids is 2. The fourth-order valence-corrected chi connectivity index (χ4v) is 3.86. The summed E-state index contributed by atoms with van der Waals surface area (Å²) in [7, 11) is 0. The molecule has 0 spiro atoms. The summed E-state index contributed by atoms with van der Waals surface area (Å²) in [5, 5.41) is 34.2. The van der Waals surface area contributed by atoms with E-state index in [0.29, 0.717) is 25.7 Å². The molecule has 0 heterocycles. The van der Waals surface area contributed by atoms with Gasteiger partial charge < -0.3 is 29.9 Å². The molecule has 0 aliphatic heterocycles. The van der Waals surface area contributed by atoms with E-state index in [1.807, 2.05) is 32.9 Å². The standard InChI is InChI=1S/C21H38N2O6.Li/c1-4-7-8-9-12-19(25)22-13-14-23(15-16-24,17(10-5-2)20(26)27)18(11-6-3)21(28)29;/h7-8,17-18,24H,4-6,9-16H2,1-3H3,(H2-,22,25,26,27,28,29);/q;+1/b8-7+;. The van der Waals surface area contributed by atoms with Crippen molar-refractivity contribution in [3.63, 3.8) is 0 Å². The van der Waals surface area contributed by atoms with Crippen molar-refractivity contribution in [1.29, 1.82) is 0 Å². The number of carboxylic acids is 2. The number of carboxylic acid groups (broad SMARTS) is 2. The molecule has 0 saturated heterocycles. The van der Waals surface area contributed by atoms with Gasteiger partial charge in [-0.25, -0.2) is 4.79 Å². The van der Waals surface area contributed by atoms with Crippen molar-refractivity contribution < 1.29 is 53.0 Å². The molecular formula is C21H38LiN2O6+. The molecule has 3 unspecified atom stereocenters. The van der Waals surface area contributed by atoms with E-state index < -0.39 is 24.0 Å². The van der Waals surface area contributed by atoms with E-state index in [9.17, 15) is 29.7 Å². The zero-order chi connectivity index (χ0) is 22.3. The average Bonchev–Trinajstić information content (AvgIpc) is 2.66. The Morgan fingerprint density at radius 1 is 1.03 bits per heavy atom. The van der Waals surface area contributed by atoms with E-state index in [1.165, 1.54) is 0 Å². The summed E-state index contributed by atoms with van der Waals surface area (Å²) in [6.45, 7) is 5.54. The van der Waals surface area contributed by atoms with E-state index in [0.717, 1.165) is 6.42 Å². The molecule has 30 heavy (non-hydrogen) atoms. The number of carbonyl (C=O) groups is 3. The van der Waals surface area contributed by atoms with E-state index in [1.54, 1.807) is 0 Å². The van der Waals surface area contributed by atoms with Crippen molar-refractivity contribution in [2.75, 3.05) is 26.2 Å². The first-order chi connectivity index (χ1) is 13.8. The van der Waals surface area contributed by atoms with Gasteiger partial charge in [0.25, 0.3) is 0 Å². The van der Waals surface area contributed by atoms with Gasteiger partial charge in [0.2, 0.25) is 5.91 Å². The summed E-state index contributed by atoms with van der Waals surface area (Å²) in [5.41, 5.74) is 0. The summed E-state index contributed by atoms with van der Waals surface area (Å²) < 4.78 is -0.328. The molecule has 0 radical (unpaired) electrons. The van der Waals surface area contributed by atoms with Crippen LogP contribution in [0.3, 0.4) is 0 Å². The van der Waals surface area contributed by atoms with Crippen molar-refractivity contribution in [3.8, 4) is 0 Å². The summed E-state index contributed by atoms with van der Waals surface area (Å²) in [6, 6.07) is -2.06. The summed E-state index contributed by atoms with van der Waals surface area (Å²) in [4.78, 5) is 36.0. The predicted octanol–water partition coefficient (Wildman–Crippen LogP) is -2.17. The minimum Gasteiger partial charge on any atom is -0.544 e. The topological polar surface area (TPSA) is 127 Å². The van der Waals surface area contributed by atoms with Gasteiger partial charge in [0, 0.05) is 19.3 Å². The molecule has 0 fully saturated rings. The molecule has 0 aromatic heterocycles. The van der Waals surface area contributed by atoms with Crippen LogP contribution in [-0.2, 0) is 14.4 Å². The molecule has 9 heteroatoms. The van der Waals surface area contributed by atoms with Gasteiger partial charge in [-0.05, 0) is 19.3 Å². The number of quaternary nitrogens is 1. The van der Waals surface area contributed by atoms with Gasteiger partial charge >= 0.3 is 24.8 Å². The third kappa shape index (κ3) is 10.1. The molecule has 168 valence electrons. The number of aliphatic carboxylic acids is 2. The number of nitrogens with one attached hydrogen (secondary N) is 1. The van der Waals surface area contributed by atoms with E-state index in [2.05, 4.69) is 5.32 Å². The Morgan fingerprint density at radius 2 is 1.63 bits per heavy atom. The van der Waals surface area contributed by atoms with Crippen molar-refractivity contribution >= 4 is 17.8 Å². The zero-order valence-corrected chi connectivity index (χ0v) is 19.1. The Bertz CT molecular complexity index is 518. The first kappa shape index (κ1) is 30.9. The third-order valence-corrected chi connectivity index (χ3v) is 5.23. The van der Waals surface area contributed by atoms with Crippen LogP contribution in [-0.4, -0.2) is 70.9 Å². The second-order valence-electron chi connectivity index (χ2n) is 7.31.